The van der Waals surface area contributed by atoms with Gasteiger partial charge in [-0.3, -0.25) is 0 Å². The fourth-order valence-electron chi connectivity index (χ4n) is 0.983. The van der Waals surface area contributed by atoms with Crippen molar-refractivity contribution in [3.8, 4) is 0 Å². The predicted octanol–water partition coefficient (Wildman–Crippen LogP) is 2.12. The van der Waals surface area contributed by atoms with Crippen LogP contribution in [-0.2, 0) is 5.75 Å². The largest absolute Gasteiger partial charge is 0.375 e. The quantitative estimate of drug-likeness (QED) is 0.655. The molecule has 78 valence electrons. The lowest BCUT2D eigenvalue weighted by molar-refractivity contribution is 0.948. The van der Waals surface area contributed by atoms with Gasteiger partial charge in [0.2, 0.25) is 0 Å². The summed E-state index contributed by atoms with van der Waals surface area (Å²) >= 11 is 3.02. The Kier molecular flexibility index (Phi) is 3.17. The highest BCUT2D eigenvalue weighted by molar-refractivity contribution is 7.98. The van der Waals surface area contributed by atoms with Crippen molar-refractivity contribution in [2.75, 3.05) is 5.73 Å². The molecule has 0 aliphatic heterocycles. The molecule has 0 fully saturated rings. The first-order chi connectivity index (χ1) is 7.24. The number of hydrogen-bond acceptors (Lipinski definition) is 6. The Bertz CT molecular complexity index is 438. The van der Waals surface area contributed by atoms with Crippen LogP contribution in [0.3, 0.4) is 0 Å². The summed E-state index contributed by atoms with van der Waals surface area (Å²) in [6.07, 6.45) is 3.62. The van der Waals surface area contributed by atoms with E-state index < -0.39 is 0 Å². The lowest BCUT2D eigenvalue weighted by Crippen LogP contribution is -1.89. The highest BCUT2D eigenvalue weighted by atomic mass is 32.2. The number of aromatic nitrogens is 3. The van der Waals surface area contributed by atoms with Crippen molar-refractivity contribution >= 4 is 28.2 Å². The molecule has 0 radical (unpaired) electrons. The normalized spacial score (nSPS) is 10.5. The van der Waals surface area contributed by atoms with Crippen molar-refractivity contribution in [3.05, 3.63) is 29.0 Å². The number of thioether (sulfide) groups is 1. The lowest BCUT2D eigenvalue weighted by atomic mass is 10.4. The fraction of sp³-hybridized carbons (Fsp3) is 0.222. The second-order valence-electron chi connectivity index (χ2n) is 3.01. The summed E-state index contributed by atoms with van der Waals surface area (Å²) in [4.78, 5) is 12.6. The molecule has 0 spiro atoms. The minimum Gasteiger partial charge on any atom is -0.375 e. The van der Waals surface area contributed by atoms with E-state index in [1.54, 1.807) is 11.8 Å². The number of hydrogen-bond donors (Lipinski definition) is 1. The third kappa shape index (κ3) is 2.90. The van der Waals surface area contributed by atoms with Gasteiger partial charge in [0, 0.05) is 23.5 Å². The fourth-order valence-corrected chi connectivity index (χ4v) is 2.33. The van der Waals surface area contributed by atoms with E-state index in [0.29, 0.717) is 5.13 Å². The second kappa shape index (κ2) is 4.59. The molecule has 2 aromatic heterocycles. The molecule has 0 aliphatic rings. The zero-order chi connectivity index (χ0) is 10.7. The zero-order valence-corrected chi connectivity index (χ0v) is 9.81. The van der Waals surface area contributed by atoms with Crippen molar-refractivity contribution in [3.63, 3.8) is 0 Å². The highest BCUT2D eigenvalue weighted by Gasteiger charge is 2.01. The van der Waals surface area contributed by atoms with E-state index in [0.717, 1.165) is 22.2 Å². The van der Waals surface area contributed by atoms with Crippen molar-refractivity contribution in [2.24, 2.45) is 0 Å². The van der Waals surface area contributed by atoms with Crippen LogP contribution in [0.4, 0.5) is 5.13 Å². The van der Waals surface area contributed by atoms with Crippen LogP contribution in [0.5, 0.6) is 0 Å². The Balaban J connectivity index is 1.96. The molecular weight excluding hydrogens is 228 g/mol. The maximum absolute atomic E-state index is 5.53. The smallest absolute Gasteiger partial charge is 0.187 e. The summed E-state index contributed by atoms with van der Waals surface area (Å²) in [6.45, 7) is 1.97. The van der Waals surface area contributed by atoms with Gasteiger partial charge in [0.15, 0.2) is 10.3 Å². The average Bonchev–Trinajstić information content (AvgIpc) is 2.64. The van der Waals surface area contributed by atoms with E-state index in [9.17, 15) is 0 Å². The zero-order valence-electron chi connectivity index (χ0n) is 8.17. The predicted molar refractivity (Wildman–Crippen MR) is 62.9 cm³/mol. The van der Waals surface area contributed by atoms with E-state index in [4.69, 9.17) is 5.73 Å². The van der Waals surface area contributed by atoms with Crippen molar-refractivity contribution in [2.45, 2.75) is 17.8 Å². The first-order valence-corrected chi connectivity index (χ1v) is 6.22. The Morgan fingerprint density at radius 1 is 1.40 bits per heavy atom. The minimum absolute atomic E-state index is 0.607. The molecule has 6 heteroatoms. The summed E-state index contributed by atoms with van der Waals surface area (Å²) in [5.41, 5.74) is 7.58. The molecule has 0 unspecified atom stereocenters. The molecule has 0 bridgehead atoms. The molecule has 2 heterocycles. The molecule has 0 aliphatic carbocycles. The SMILES string of the molecule is Cc1cnc(SCc2csc(N)n2)nc1. The molecule has 0 saturated carbocycles. The van der Waals surface area contributed by atoms with Crippen LogP contribution in [0.2, 0.25) is 0 Å². The summed E-state index contributed by atoms with van der Waals surface area (Å²) in [6, 6.07) is 0. The number of anilines is 1. The van der Waals surface area contributed by atoms with Crippen LogP contribution in [0.25, 0.3) is 0 Å². The van der Waals surface area contributed by atoms with Crippen LogP contribution in [0, 0.1) is 6.92 Å². The molecule has 0 amide bonds. The maximum Gasteiger partial charge on any atom is 0.187 e. The number of nitrogen functional groups attached to an aromatic ring is 1. The molecule has 4 nitrogen and oxygen atoms in total. The van der Waals surface area contributed by atoms with Crippen LogP contribution in [0.15, 0.2) is 22.9 Å². The van der Waals surface area contributed by atoms with Crippen molar-refractivity contribution < 1.29 is 0 Å². The topological polar surface area (TPSA) is 64.7 Å². The number of nitrogens with zero attached hydrogens (tertiary/aromatic N) is 3. The van der Waals surface area contributed by atoms with Crippen molar-refractivity contribution in [1.82, 2.24) is 15.0 Å². The van der Waals surface area contributed by atoms with Crippen LogP contribution in [0.1, 0.15) is 11.3 Å². The number of nitrogens with two attached hydrogens (primary N) is 1. The number of thiazole rings is 1. The maximum atomic E-state index is 5.53. The molecule has 0 saturated heterocycles. The summed E-state index contributed by atoms with van der Waals surface area (Å²) < 4.78 is 0. The van der Waals surface area contributed by atoms with Gasteiger partial charge in [-0.1, -0.05) is 11.8 Å². The second-order valence-corrected chi connectivity index (χ2v) is 4.84. The van der Waals surface area contributed by atoms with Crippen molar-refractivity contribution in [1.29, 1.82) is 0 Å². The monoisotopic (exact) mass is 238 g/mol. The summed E-state index contributed by atoms with van der Waals surface area (Å²) in [5.74, 6) is 0.761. The molecular formula is C9H10N4S2. The molecule has 0 atom stereocenters. The van der Waals surface area contributed by atoms with Crippen LogP contribution < -0.4 is 5.73 Å². The standard InChI is InChI=1S/C9H10N4S2/c1-6-2-11-9(12-3-6)15-5-7-4-14-8(10)13-7/h2-4H,5H2,1H3,(H2,10,13). The summed E-state index contributed by atoms with van der Waals surface area (Å²) in [5, 5.41) is 3.33. The summed E-state index contributed by atoms with van der Waals surface area (Å²) in [7, 11) is 0. The van der Waals surface area contributed by atoms with Gasteiger partial charge in [0.1, 0.15) is 0 Å². The minimum atomic E-state index is 0.607. The third-order valence-corrected chi connectivity index (χ3v) is 3.31. The van der Waals surface area contributed by atoms with Gasteiger partial charge in [-0.05, 0) is 12.5 Å². The lowest BCUT2D eigenvalue weighted by Gasteiger charge is -1.97. The number of aryl methyl sites for hydroxylation is 1. The Labute approximate surface area is 96.0 Å². The highest BCUT2D eigenvalue weighted by Crippen LogP contribution is 2.20. The van der Waals surface area contributed by atoms with Gasteiger partial charge >= 0.3 is 0 Å². The first kappa shape index (κ1) is 10.4. The van der Waals surface area contributed by atoms with Gasteiger partial charge < -0.3 is 5.73 Å². The van der Waals surface area contributed by atoms with E-state index in [2.05, 4.69) is 15.0 Å². The third-order valence-electron chi connectivity index (χ3n) is 1.68. The molecule has 15 heavy (non-hydrogen) atoms. The Morgan fingerprint density at radius 2 is 2.13 bits per heavy atom. The number of rotatable bonds is 3. The molecule has 2 rings (SSSR count). The van der Waals surface area contributed by atoms with E-state index in [1.807, 2.05) is 24.7 Å². The Hall–Kier alpha value is -1.14. The van der Waals surface area contributed by atoms with Gasteiger partial charge in [-0.2, -0.15) is 0 Å². The van der Waals surface area contributed by atoms with Gasteiger partial charge in [0.25, 0.3) is 0 Å². The van der Waals surface area contributed by atoms with Crippen LogP contribution >= 0.6 is 23.1 Å². The van der Waals surface area contributed by atoms with E-state index in [1.165, 1.54) is 11.3 Å². The molecule has 0 aromatic carbocycles. The van der Waals surface area contributed by atoms with E-state index >= 15 is 0 Å². The first-order valence-electron chi connectivity index (χ1n) is 4.35. The molecule has 2 N–H and O–H groups in total. The van der Waals surface area contributed by atoms with Gasteiger partial charge in [-0.15, -0.1) is 11.3 Å². The van der Waals surface area contributed by atoms with Gasteiger partial charge in [0.05, 0.1) is 5.69 Å². The average molecular weight is 238 g/mol. The van der Waals surface area contributed by atoms with Crippen LogP contribution in [-0.4, -0.2) is 15.0 Å². The van der Waals surface area contributed by atoms with Gasteiger partial charge in [-0.25, -0.2) is 15.0 Å². The molecule has 2 aromatic rings. The van der Waals surface area contributed by atoms with E-state index in [-0.39, 0.29) is 0 Å². The Morgan fingerprint density at radius 3 is 2.73 bits per heavy atom.